The van der Waals surface area contributed by atoms with Crippen molar-refractivity contribution in [2.45, 2.75) is 11.5 Å². The van der Waals surface area contributed by atoms with Gasteiger partial charge in [-0.2, -0.15) is 8.42 Å². The molecule has 0 fully saturated rings. The van der Waals surface area contributed by atoms with E-state index in [1.165, 1.54) is 12.1 Å². The van der Waals surface area contributed by atoms with Crippen LogP contribution in [0.4, 0.5) is 0 Å². The van der Waals surface area contributed by atoms with Crippen LogP contribution in [0.25, 0.3) is 0 Å². The van der Waals surface area contributed by atoms with Crippen molar-refractivity contribution in [2.24, 2.45) is 3.77 Å². The molecule has 4 nitrogen and oxygen atoms in total. The van der Waals surface area contributed by atoms with Crippen molar-refractivity contribution in [2.75, 3.05) is 12.9 Å². The maximum absolute atomic E-state index is 11.6. The topological polar surface area (TPSA) is 55.7 Å². The van der Waals surface area contributed by atoms with Gasteiger partial charge in [-0.25, -0.2) is 0 Å². The molecule has 17 heavy (non-hydrogen) atoms. The van der Waals surface area contributed by atoms with Gasteiger partial charge in [0.05, 0.1) is 11.5 Å². The molecule has 0 saturated carbocycles. The first-order valence-electron chi connectivity index (χ1n) is 4.76. The quantitative estimate of drug-likeness (QED) is 0.496. The Hall–Kier alpha value is -1.16. The first-order valence-corrected chi connectivity index (χ1v) is 7.50. The summed E-state index contributed by atoms with van der Waals surface area (Å²) < 4.78 is 31.8. The van der Waals surface area contributed by atoms with E-state index >= 15 is 0 Å². The number of rotatable bonds is 5. The number of ether oxygens (including phenoxy) is 1. The van der Waals surface area contributed by atoms with E-state index in [4.69, 9.17) is 11.2 Å². The second-order valence-electron chi connectivity index (χ2n) is 3.10. The molecule has 0 bridgehead atoms. The first kappa shape index (κ1) is 13.9. The molecule has 0 heterocycles. The maximum atomic E-state index is 11.6. The van der Waals surface area contributed by atoms with Crippen LogP contribution in [0, 0.1) is 12.3 Å². The molecule has 0 radical (unpaired) electrons. The SMILES string of the molecule is C#CCOCc1ccc(S(=O)(=O)N=[SH]C)cc1. The van der Waals surface area contributed by atoms with Gasteiger partial charge in [-0.05, 0) is 24.0 Å². The largest absolute Gasteiger partial charge is 0.364 e. The summed E-state index contributed by atoms with van der Waals surface area (Å²) in [5, 5.41) is 0. The average molecular weight is 271 g/mol. The third kappa shape index (κ3) is 4.30. The number of nitrogens with zero attached hydrogens (tertiary/aromatic N) is 1. The Labute approximate surface area is 105 Å². The summed E-state index contributed by atoms with van der Waals surface area (Å²) >= 11 is 0.468. The molecule has 1 aromatic carbocycles. The molecule has 6 heteroatoms. The summed E-state index contributed by atoms with van der Waals surface area (Å²) in [6.07, 6.45) is 6.69. The zero-order valence-corrected chi connectivity index (χ0v) is 11.0. The van der Waals surface area contributed by atoms with Crippen LogP contribution < -0.4 is 0 Å². The Morgan fingerprint density at radius 3 is 2.59 bits per heavy atom. The number of thiol groups is 1. The predicted octanol–water partition coefficient (Wildman–Crippen LogP) is 1.15. The van der Waals surface area contributed by atoms with E-state index < -0.39 is 10.0 Å². The number of terminal acetylenes is 1. The minimum absolute atomic E-state index is 0.188. The van der Waals surface area contributed by atoms with Crippen LogP contribution in [0.2, 0.25) is 0 Å². The number of benzene rings is 1. The van der Waals surface area contributed by atoms with E-state index in [9.17, 15) is 8.42 Å². The molecule has 0 aliphatic heterocycles. The fourth-order valence-electron chi connectivity index (χ4n) is 1.14. The molecular weight excluding hydrogens is 258 g/mol. The second kappa shape index (κ2) is 6.55. The third-order valence-corrected chi connectivity index (χ3v) is 4.25. The third-order valence-electron chi connectivity index (χ3n) is 1.86. The highest BCUT2D eigenvalue weighted by Gasteiger charge is 2.10. The van der Waals surface area contributed by atoms with Gasteiger partial charge in [-0.15, -0.1) is 10.2 Å². The highest BCUT2D eigenvalue weighted by atomic mass is 32.2. The fraction of sp³-hybridized carbons (Fsp3) is 0.273. The molecule has 92 valence electrons. The van der Waals surface area contributed by atoms with Gasteiger partial charge in [0, 0.05) is 0 Å². The minimum Gasteiger partial charge on any atom is -0.364 e. The zero-order valence-electron chi connectivity index (χ0n) is 9.33. The van der Waals surface area contributed by atoms with Crippen LogP contribution in [0.5, 0.6) is 0 Å². The summed E-state index contributed by atoms with van der Waals surface area (Å²) in [5.74, 6) is 2.36. The lowest BCUT2D eigenvalue weighted by molar-refractivity contribution is 0.153. The molecule has 0 amide bonds. The Morgan fingerprint density at radius 2 is 2.06 bits per heavy atom. The van der Waals surface area contributed by atoms with E-state index in [0.717, 1.165) is 5.56 Å². The smallest absolute Gasteiger partial charge is 0.287 e. The lowest BCUT2D eigenvalue weighted by atomic mass is 10.2. The Kier molecular flexibility index (Phi) is 5.35. The molecule has 0 aromatic heterocycles. The maximum Gasteiger partial charge on any atom is 0.287 e. The number of hydrogen-bond acceptors (Lipinski definition) is 3. The van der Waals surface area contributed by atoms with E-state index in [1.54, 1.807) is 18.4 Å². The van der Waals surface area contributed by atoms with Crippen LogP contribution >= 0.6 is 0 Å². The summed E-state index contributed by atoms with van der Waals surface area (Å²) in [5.41, 5.74) is 0.869. The predicted molar refractivity (Wildman–Crippen MR) is 69.2 cm³/mol. The molecule has 0 aliphatic rings. The summed E-state index contributed by atoms with van der Waals surface area (Å²) in [6.45, 7) is 0.609. The van der Waals surface area contributed by atoms with Gasteiger partial charge in [0.2, 0.25) is 0 Å². The van der Waals surface area contributed by atoms with Gasteiger partial charge in [0.1, 0.15) is 6.61 Å². The molecule has 0 spiro atoms. The van der Waals surface area contributed by atoms with Crippen molar-refractivity contribution in [3.8, 4) is 12.3 Å². The molecule has 1 rings (SSSR count). The van der Waals surface area contributed by atoms with Crippen molar-refractivity contribution >= 4 is 21.6 Å². The molecule has 0 atom stereocenters. The van der Waals surface area contributed by atoms with Gasteiger partial charge in [0.15, 0.2) is 0 Å². The van der Waals surface area contributed by atoms with Crippen molar-refractivity contribution in [3.63, 3.8) is 0 Å². The van der Waals surface area contributed by atoms with Crippen LogP contribution in [0.15, 0.2) is 32.9 Å². The Balaban J connectivity index is 2.79. The van der Waals surface area contributed by atoms with Gasteiger partial charge in [-0.3, -0.25) is 0 Å². The molecule has 0 unspecified atom stereocenters. The molecule has 0 saturated heterocycles. The minimum atomic E-state index is -3.51. The van der Waals surface area contributed by atoms with Gasteiger partial charge in [-0.1, -0.05) is 29.6 Å². The van der Waals surface area contributed by atoms with Crippen LogP contribution in [0.1, 0.15) is 5.56 Å². The summed E-state index contributed by atoms with van der Waals surface area (Å²) in [6, 6.07) is 6.40. The van der Waals surface area contributed by atoms with Crippen LogP contribution in [-0.2, 0) is 32.9 Å². The molecule has 0 N–H and O–H groups in total. The normalized spacial score (nSPS) is 12.0. The van der Waals surface area contributed by atoms with Gasteiger partial charge < -0.3 is 4.74 Å². The van der Waals surface area contributed by atoms with E-state index in [2.05, 4.69) is 9.69 Å². The zero-order chi connectivity index (χ0) is 12.7. The van der Waals surface area contributed by atoms with E-state index in [-0.39, 0.29) is 11.5 Å². The highest BCUT2D eigenvalue weighted by Crippen LogP contribution is 2.13. The van der Waals surface area contributed by atoms with E-state index in [0.29, 0.717) is 18.2 Å². The fourth-order valence-corrected chi connectivity index (χ4v) is 2.86. The summed E-state index contributed by atoms with van der Waals surface area (Å²) in [4.78, 5) is 0.188. The Morgan fingerprint density at radius 1 is 1.41 bits per heavy atom. The van der Waals surface area contributed by atoms with Crippen molar-refractivity contribution in [1.82, 2.24) is 0 Å². The van der Waals surface area contributed by atoms with Crippen LogP contribution in [-0.4, -0.2) is 21.3 Å². The molecular formula is C11H13NO3S2. The monoisotopic (exact) mass is 271 g/mol. The highest BCUT2D eigenvalue weighted by molar-refractivity contribution is 7.94. The average Bonchev–Trinajstić information content (AvgIpc) is 2.30. The summed E-state index contributed by atoms with van der Waals surface area (Å²) in [7, 11) is -3.51. The van der Waals surface area contributed by atoms with Crippen molar-refractivity contribution in [3.05, 3.63) is 29.8 Å². The van der Waals surface area contributed by atoms with Gasteiger partial charge >= 0.3 is 0 Å². The molecule has 0 aliphatic carbocycles. The molecule has 1 aromatic rings. The lowest BCUT2D eigenvalue weighted by Crippen LogP contribution is -1.98. The second-order valence-corrected chi connectivity index (χ2v) is 5.57. The van der Waals surface area contributed by atoms with Gasteiger partial charge in [0.25, 0.3) is 10.0 Å². The van der Waals surface area contributed by atoms with Crippen molar-refractivity contribution in [1.29, 1.82) is 0 Å². The first-order chi connectivity index (χ1) is 8.10. The lowest BCUT2D eigenvalue weighted by Gasteiger charge is -2.02. The standard InChI is InChI=1S/C11H13NO3S2/c1-3-8-15-9-10-4-6-11(7-5-10)17(13,14)12-16-2/h1,4-7,16H,8-9H2,2H3. The van der Waals surface area contributed by atoms with Crippen molar-refractivity contribution < 1.29 is 13.2 Å². The van der Waals surface area contributed by atoms with Crippen LogP contribution in [0.3, 0.4) is 0 Å². The number of sulfonamides is 1. The van der Waals surface area contributed by atoms with E-state index in [1.807, 2.05) is 0 Å². The number of hydrogen-bond donors (Lipinski definition) is 1. The Bertz CT molecular complexity index is 527.